The Balaban J connectivity index is 2.04. The van der Waals surface area contributed by atoms with Crippen LogP contribution in [0.1, 0.15) is 5.69 Å². The molecule has 0 spiro atoms. The van der Waals surface area contributed by atoms with E-state index in [1.54, 1.807) is 7.11 Å². The van der Waals surface area contributed by atoms with Crippen LogP contribution in [0, 0.1) is 0 Å². The normalized spacial score (nSPS) is 10.3. The summed E-state index contributed by atoms with van der Waals surface area (Å²) in [6, 6.07) is 4.08. The Morgan fingerprint density at radius 3 is 3.18 bits per heavy atom. The van der Waals surface area contributed by atoms with E-state index in [4.69, 9.17) is 4.74 Å². The molecule has 0 unspecified atom stereocenters. The van der Waals surface area contributed by atoms with Gasteiger partial charge in [0, 0.05) is 25.5 Å². The molecule has 3 heteroatoms. The fourth-order valence-electron chi connectivity index (χ4n) is 0.920. The monoisotopic (exact) mass is 154 g/mol. The zero-order chi connectivity index (χ0) is 7.94. The van der Waals surface area contributed by atoms with E-state index in [0.717, 1.165) is 13.0 Å². The molecule has 2 N–H and O–H groups in total. The van der Waals surface area contributed by atoms with Crippen molar-refractivity contribution >= 4 is 0 Å². The molecule has 0 saturated carbocycles. The molecule has 3 nitrogen and oxygen atoms in total. The van der Waals surface area contributed by atoms with Crippen molar-refractivity contribution in [2.24, 2.45) is 0 Å². The lowest BCUT2D eigenvalue weighted by atomic mass is 10.3. The second-order valence-electron chi connectivity index (χ2n) is 2.38. The summed E-state index contributed by atoms with van der Waals surface area (Å²) in [5.74, 6) is 0. The predicted octanol–water partition coefficient (Wildman–Crippen LogP) is 0.751. The maximum atomic E-state index is 4.84. The van der Waals surface area contributed by atoms with E-state index in [9.17, 15) is 0 Å². The molecular weight excluding hydrogens is 140 g/mol. The van der Waals surface area contributed by atoms with Gasteiger partial charge in [-0.05, 0) is 18.6 Å². The van der Waals surface area contributed by atoms with Gasteiger partial charge >= 0.3 is 0 Å². The van der Waals surface area contributed by atoms with Gasteiger partial charge in [-0.2, -0.15) is 0 Å². The quantitative estimate of drug-likeness (QED) is 0.485. The van der Waals surface area contributed by atoms with E-state index in [2.05, 4.69) is 16.4 Å². The summed E-state index contributed by atoms with van der Waals surface area (Å²) < 4.78 is 4.84. The number of rotatable bonds is 5. The number of ether oxygens (including phenoxy) is 1. The highest BCUT2D eigenvalue weighted by atomic mass is 16.5. The standard InChI is InChI=1S/C8H14N2O/c1-11-7-9-6-4-8-3-2-5-10-8/h2-3,5,9-10H,4,6-7H2,1H3. The Bertz CT molecular complexity index is 172. The minimum atomic E-state index is 0.626. The Hall–Kier alpha value is -0.800. The summed E-state index contributed by atoms with van der Waals surface area (Å²) in [6.07, 6.45) is 2.96. The Labute approximate surface area is 66.8 Å². The average molecular weight is 154 g/mol. The van der Waals surface area contributed by atoms with E-state index < -0.39 is 0 Å². The molecular formula is C8H14N2O. The fourth-order valence-corrected chi connectivity index (χ4v) is 0.920. The first-order chi connectivity index (χ1) is 5.43. The SMILES string of the molecule is COCNCCc1ccc[nH]1. The van der Waals surface area contributed by atoms with Crippen LogP contribution in [0.15, 0.2) is 18.3 Å². The van der Waals surface area contributed by atoms with Crippen LogP contribution < -0.4 is 5.32 Å². The van der Waals surface area contributed by atoms with E-state index in [-0.39, 0.29) is 0 Å². The van der Waals surface area contributed by atoms with Crippen LogP contribution >= 0.6 is 0 Å². The highest BCUT2D eigenvalue weighted by Gasteiger charge is 1.90. The largest absolute Gasteiger partial charge is 0.370 e. The molecule has 0 aromatic carbocycles. The second kappa shape index (κ2) is 4.93. The highest BCUT2D eigenvalue weighted by Crippen LogP contribution is 1.93. The summed E-state index contributed by atoms with van der Waals surface area (Å²) in [6.45, 7) is 1.58. The lowest BCUT2D eigenvalue weighted by Gasteiger charge is -2.00. The first kappa shape index (κ1) is 8.30. The molecule has 1 aromatic heterocycles. The van der Waals surface area contributed by atoms with Crippen LogP contribution in [0.3, 0.4) is 0 Å². The third-order valence-electron chi connectivity index (χ3n) is 1.48. The molecule has 62 valence electrons. The molecule has 1 aromatic rings. The van der Waals surface area contributed by atoms with Crippen molar-refractivity contribution in [1.29, 1.82) is 0 Å². The number of aromatic nitrogens is 1. The van der Waals surface area contributed by atoms with Crippen LogP contribution in [-0.4, -0.2) is 25.4 Å². The summed E-state index contributed by atoms with van der Waals surface area (Å²) in [5.41, 5.74) is 1.26. The maximum Gasteiger partial charge on any atom is 0.0961 e. The molecule has 0 radical (unpaired) electrons. The average Bonchev–Trinajstić information content (AvgIpc) is 2.50. The second-order valence-corrected chi connectivity index (χ2v) is 2.38. The number of hydrogen-bond acceptors (Lipinski definition) is 2. The van der Waals surface area contributed by atoms with Gasteiger partial charge in [0.05, 0.1) is 6.73 Å². The van der Waals surface area contributed by atoms with E-state index in [1.807, 2.05) is 12.3 Å². The molecule has 0 fully saturated rings. The topological polar surface area (TPSA) is 37.0 Å². The van der Waals surface area contributed by atoms with Crippen LogP contribution in [0.2, 0.25) is 0 Å². The molecule has 0 aliphatic heterocycles. The molecule has 0 bridgehead atoms. The van der Waals surface area contributed by atoms with Crippen molar-refractivity contribution in [3.05, 3.63) is 24.0 Å². The van der Waals surface area contributed by atoms with Crippen LogP contribution in [-0.2, 0) is 11.2 Å². The third-order valence-corrected chi connectivity index (χ3v) is 1.48. The third kappa shape index (κ3) is 3.20. The number of H-pyrrole nitrogens is 1. The number of hydrogen-bond donors (Lipinski definition) is 2. The highest BCUT2D eigenvalue weighted by molar-refractivity contribution is 5.03. The van der Waals surface area contributed by atoms with Gasteiger partial charge in [-0.15, -0.1) is 0 Å². The van der Waals surface area contributed by atoms with Gasteiger partial charge in [0.25, 0.3) is 0 Å². The van der Waals surface area contributed by atoms with E-state index in [1.165, 1.54) is 5.69 Å². The molecule has 1 rings (SSSR count). The van der Waals surface area contributed by atoms with Crippen molar-refractivity contribution < 1.29 is 4.74 Å². The van der Waals surface area contributed by atoms with Crippen LogP contribution in [0.5, 0.6) is 0 Å². The maximum absolute atomic E-state index is 4.84. The summed E-state index contributed by atoms with van der Waals surface area (Å²) in [7, 11) is 1.68. The zero-order valence-electron chi connectivity index (χ0n) is 6.76. The van der Waals surface area contributed by atoms with Crippen LogP contribution in [0.25, 0.3) is 0 Å². The molecule has 11 heavy (non-hydrogen) atoms. The van der Waals surface area contributed by atoms with E-state index in [0.29, 0.717) is 6.73 Å². The molecule has 1 heterocycles. The molecule has 0 amide bonds. The minimum Gasteiger partial charge on any atom is -0.370 e. The van der Waals surface area contributed by atoms with Gasteiger partial charge in [-0.25, -0.2) is 0 Å². The smallest absolute Gasteiger partial charge is 0.0961 e. The van der Waals surface area contributed by atoms with Crippen LogP contribution in [0.4, 0.5) is 0 Å². The van der Waals surface area contributed by atoms with Gasteiger partial charge in [-0.1, -0.05) is 0 Å². The predicted molar refractivity (Wildman–Crippen MR) is 44.4 cm³/mol. The van der Waals surface area contributed by atoms with Gasteiger partial charge in [0.2, 0.25) is 0 Å². The molecule has 0 atom stereocenters. The number of methoxy groups -OCH3 is 1. The first-order valence-corrected chi connectivity index (χ1v) is 3.75. The summed E-state index contributed by atoms with van der Waals surface area (Å²) in [5, 5.41) is 3.13. The zero-order valence-corrected chi connectivity index (χ0v) is 6.76. The number of aromatic amines is 1. The Morgan fingerprint density at radius 1 is 1.64 bits per heavy atom. The molecule has 0 saturated heterocycles. The number of nitrogens with one attached hydrogen (secondary N) is 2. The van der Waals surface area contributed by atoms with Crippen molar-refractivity contribution in [3.8, 4) is 0 Å². The van der Waals surface area contributed by atoms with Crippen molar-refractivity contribution in [2.45, 2.75) is 6.42 Å². The van der Waals surface area contributed by atoms with Gasteiger partial charge in [-0.3, -0.25) is 5.32 Å². The Kier molecular flexibility index (Phi) is 3.72. The lowest BCUT2D eigenvalue weighted by molar-refractivity contribution is 0.176. The van der Waals surface area contributed by atoms with Gasteiger partial charge in [0.15, 0.2) is 0 Å². The summed E-state index contributed by atoms with van der Waals surface area (Å²) in [4.78, 5) is 3.13. The first-order valence-electron chi connectivity index (χ1n) is 3.75. The molecule has 0 aliphatic rings. The lowest BCUT2D eigenvalue weighted by Crippen LogP contribution is -2.19. The van der Waals surface area contributed by atoms with Crippen molar-refractivity contribution in [2.75, 3.05) is 20.4 Å². The van der Waals surface area contributed by atoms with Crippen molar-refractivity contribution in [3.63, 3.8) is 0 Å². The van der Waals surface area contributed by atoms with Gasteiger partial charge in [0.1, 0.15) is 0 Å². The minimum absolute atomic E-state index is 0.626. The Morgan fingerprint density at radius 2 is 2.55 bits per heavy atom. The van der Waals surface area contributed by atoms with Gasteiger partial charge < -0.3 is 9.72 Å². The summed E-state index contributed by atoms with van der Waals surface area (Å²) >= 11 is 0. The van der Waals surface area contributed by atoms with Crippen molar-refractivity contribution in [1.82, 2.24) is 10.3 Å². The molecule has 0 aliphatic carbocycles. The fraction of sp³-hybridized carbons (Fsp3) is 0.500. The van der Waals surface area contributed by atoms with E-state index >= 15 is 0 Å².